The van der Waals surface area contributed by atoms with Crippen molar-refractivity contribution in [3.8, 4) is 5.75 Å². The normalized spacial score (nSPS) is 10.2. The minimum Gasteiger partial charge on any atom is -0.491 e. The van der Waals surface area contributed by atoms with Gasteiger partial charge in [-0.05, 0) is 35.9 Å². The van der Waals surface area contributed by atoms with Gasteiger partial charge in [-0.15, -0.1) is 0 Å². The molecule has 4 nitrogen and oxygen atoms in total. The van der Waals surface area contributed by atoms with Gasteiger partial charge in [0.1, 0.15) is 12.4 Å². The molecule has 2 aromatic carbocycles. The van der Waals surface area contributed by atoms with Gasteiger partial charge in [0.15, 0.2) is 0 Å². The maximum absolute atomic E-state index is 5.91. The highest BCUT2D eigenvalue weighted by molar-refractivity contribution is 5.51. The molecule has 3 N–H and O–H groups in total. The Hall–Kier alpha value is -2.20. The van der Waals surface area contributed by atoms with Crippen LogP contribution in [-0.4, -0.2) is 20.3 Å². The van der Waals surface area contributed by atoms with Crippen molar-refractivity contribution in [2.45, 2.75) is 6.54 Å². The molecule has 106 valence electrons. The molecule has 0 aliphatic heterocycles. The van der Waals surface area contributed by atoms with Gasteiger partial charge < -0.3 is 20.5 Å². The number of nitrogens with two attached hydrogens (primary N) is 1. The summed E-state index contributed by atoms with van der Waals surface area (Å²) in [6.45, 7) is 1.85. The summed E-state index contributed by atoms with van der Waals surface area (Å²) in [5, 5.41) is 3.34. The molecule has 0 spiro atoms. The molecule has 4 heteroatoms. The minimum absolute atomic E-state index is 0.559. The molecule has 0 atom stereocenters. The van der Waals surface area contributed by atoms with Gasteiger partial charge in [-0.25, -0.2) is 0 Å². The van der Waals surface area contributed by atoms with Gasteiger partial charge in [0, 0.05) is 25.0 Å². The third-order valence-corrected chi connectivity index (χ3v) is 2.95. The summed E-state index contributed by atoms with van der Waals surface area (Å²) in [4.78, 5) is 0. The van der Waals surface area contributed by atoms with Gasteiger partial charge in [0.25, 0.3) is 0 Å². The van der Waals surface area contributed by atoms with E-state index in [2.05, 4.69) is 5.32 Å². The number of rotatable bonds is 7. The van der Waals surface area contributed by atoms with Crippen LogP contribution in [0.3, 0.4) is 0 Å². The maximum atomic E-state index is 5.91. The van der Waals surface area contributed by atoms with E-state index in [1.54, 1.807) is 7.11 Å². The summed E-state index contributed by atoms with van der Waals surface area (Å²) in [5.41, 5.74) is 8.84. The molecule has 0 radical (unpaired) electrons. The quantitative estimate of drug-likeness (QED) is 0.601. The van der Waals surface area contributed by atoms with Crippen molar-refractivity contribution in [3.05, 3.63) is 54.1 Å². The molecule has 0 saturated heterocycles. The van der Waals surface area contributed by atoms with Crippen LogP contribution in [0.25, 0.3) is 0 Å². The van der Waals surface area contributed by atoms with E-state index in [4.69, 9.17) is 15.2 Å². The topological polar surface area (TPSA) is 56.5 Å². The Bertz CT molecular complexity index is 526. The Balaban J connectivity index is 1.86. The molecule has 0 fully saturated rings. The molecule has 2 rings (SSSR count). The predicted octanol–water partition coefficient (Wildman–Crippen LogP) is 2.91. The van der Waals surface area contributed by atoms with Gasteiger partial charge in [0.05, 0.1) is 6.61 Å². The average molecular weight is 272 g/mol. The summed E-state index contributed by atoms with van der Waals surface area (Å²) < 4.78 is 10.4. The predicted molar refractivity (Wildman–Crippen MR) is 82.0 cm³/mol. The molecule has 20 heavy (non-hydrogen) atoms. The zero-order valence-electron chi connectivity index (χ0n) is 11.6. The fourth-order valence-electron chi connectivity index (χ4n) is 1.80. The number of nitrogen functional groups attached to an aromatic ring is 1. The van der Waals surface area contributed by atoms with Crippen LogP contribution >= 0.6 is 0 Å². The van der Waals surface area contributed by atoms with E-state index in [0.717, 1.165) is 22.7 Å². The highest BCUT2D eigenvalue weighted by atomic mass is 16.5. The first kappa shape index (κ1) is 14.2. The number of nitrogens with one attached hydrogen (secondary N) is 1. The van der Waals surface area contributed by atoms with E-state index < -0.39 is 0 Å². The third-order valence-electron chi connectivity index (χ3n) is 2.95. The van der Waals surface area contributed by atoms with Gasteiger partial charge in [-0.3, -0.25) is 0 Å². The van der Waals surface area contributed by atoms with Crippen LogP contribution in [-0.2, 0) is 11.3 Å². The van der Waals surface area contributed by atoms with Gasteiger partial charge in [-0.1, -0.05) is 18.2 Å². The van der Waals surface area contributed by atoms with Crippen molar-refractivity contribution in [2.75, 3.05) is 31.4 Å². The molecular formula is C16H20N2O2. The van der Waals surface area contributed by atoms with Crippen molar-refractivity contribution in [1.82, 2.24) is 0 Å². The number of benzene rings is 2. The van der Waals surface area contributed by atoms with Crippen LogP contribution in [0.5, 0.6) is 5.75 Å². The highest BCUT2D eigenvalue weighted by Crippen LogP contribution is 2.17. The van der Waals surface area contributed by atoms with Gasteiger partial charge in [-0.2, -0.15) is 0 Å². The van der Waals surface area contributed by atoms with Gasteiger partial charge in [0.2, 0.25) is 0 Å². The first-order chi connectivity index (χ1) is 9.79. The van der Waals surface area contributed by atoms with Crippen molar-refractivity contribution >= 4 is 11.4 Å². The summed E-state index contributed by atoms with van der Waals surface area (Å²) in [6, 6.07) is 15.7. The number of ether oxygens (including phenoxy) is 2. The molecule has 0 amide bonds. The zero-order valence-corrected chi connectivity index (χ0v) is 11.6. The number of anilines is 2. The molecule has 0 heterocycles. The largest absolute Gasteiger partial charge is 0.491 e. The standard InChI is InChI=1S/C16H20N2O2/c1-19-10-11-20-15-8-6-14(7-9-15)18-12-13-4-2-3-5-16(13)17/h2-9,18H,10-12,17H2,1H3. The summed E-state index contributed by atoms with van der Waals surface area (Å²) in [5.74, 6) is 0.840. The third kappa shape index (κ3) is 4.17. The van der Waals surface area contributed by atoms with Crippen LogP contribution in [0.4, 0.5) is 11.4 Å². The smallest absolute Gasteiger partial charge is 0.119 e. The Labute approximate surface area is 119 Å². The van der Waals surface area contributed by atoms with Crippen LogP contribution in [0, 0.1) is 0 Å². The minimum atomic E-state index is 0.559. The number of methoxy groups -OCH3 is 1. The van der Waals surface area contributed by atoms with E-state index in [1.807, 2.05) is 48.5 Å². The van der Waals surface area contributed by atoms with Crippen LogP contribution in [0.1, 0.15) is 5.56 Å². The van der Waals surface area contributed by atoms with Crippen molar-refractivity contribution in [3.63, 3.8) is 0 Å². The Morgan fingerprint density at radius 2 is 1.75 bits per heavy atom. The van der Waals surface area contributed by atoms with E-state index >= 15 is 0 Å². The molecule has 0 aliphatic carbocycles. The first-order valence-electron chi connectivity index (χ1n) is 6.58. The van der Waals surface area contributed by atoms with Crippen molar-refractivity contribution < 1.29 is 9.47 Å². The summed E-state index contributed by atoms with van der Waals surface area (Å²) >= 11 is 0. The molecule has 0 saturated carbocycles. The fourth-order valence-corrected chi connectivity index (χ4v) is 1.80. The number of hydrogen-bond acceptors (Lipinski definition) is 4. The van der Waals surface area contributed by atoms with E-state index in [9.17, 15) is 0 Å². The van der Waals surface area contributed by atoms with Crippen LogP contribution < -0.4 is 15.8 Å². The zero-order chi connectivity index (χ0) is 14.2. The lowest BCUT2D eigenvalue weighted by Gasteiger charge is -2.10. The van der Waals surface area contributed by atoms with E-state index in [1.165, 1.54) is 0 Å². The Morgan fingerprint density at radius 1 is 1.00 bits per heavy atom. The lowest BCUT2D eigenvalue weighted by atomic mass is 10.2. The van der Waals surface area contributed by atoms with Crippen molar-refractivity contribution in [1.29, 1.82) is 0 Å². The molecule has 0 aromatic heterocycles. The highest BCUT2D eigenvalue weighted by Gasteiger charge is 1.99. The van der Waals surface area contributed by atoms with Gasteiger partial charge >= 0.3 is 0 Å². The van der Waals surface area contributed by atoms with Crippen LogP contribution in [0.15, 0.2) is 48.5 Å². The monoisotopic (exact) mass is 272 g/mol. The first-order valence-corrected chi connectivity index (χ1v) is 6.58. The number of hydrogen-bond donors (Lipinski definition) is 2. The summed E-state index contributed by atoms with van der Waals surface area (Å²) in [6.07, 6.45) is 0. The second kappa shape index (κ2) is 7.40. The number of para-hydroxylation sites is 1. The summed E-state index contributed by atoms with van der Waals surface area (Å²) in [7, 11) is 1.66. The average Bonchev–Trinajstić information content (AvgIpc) is 2.48. The molecule has 0 unspecified atom stereocenters. The van der Waals surface area contributed by atoms with E-state index in [0.29, 0.717) is 19.8 Å². The van der Waals surface area contributed by atoms with E-state index in [-0.39, 0.29) is 0 Å². The second-order valence-electron chi connectivity index (χ2n) is 4.42. The SMILES string of the molecule is COCCOc1ccc(NCc2ccccc2N)cc1. The van der Waals surface area contributed by atoms with Crippen molar-refractivity contribution in [2.24, 2.45) is 0 Å². The Morgan fingerprint density at radius 3 is 2.45 bits per heavy atom. The maximum Gasteiger partial charge on any atom is 0.119 e. The van der Waals surface area contributed by atoms with Crippen LogP contribution in [0.2, 0.25) is 0 Å². The molecule has 0 aliphatic rings. The molecular weight excluding hydrogens is 252 g/mol. The lowest BCUT2D eigenvalue weighted by molar-refractivity contribution is 0.146. The molecule has 2 aromatic rings. The second-order valence-corrected chi connectivity index (χ2v) is 4.42. The Kier molecular flexibility index (Phi) is 5.26. The fraction of sp³-hybridized carbons (Fsp3) is 0.250. The lowest BCUT2D eigenvalue weighted by Crippen LogP contribution is -2.05. The molecule has 0 bridgehead atoms.